The van der Waals surface area contributed by atoms with Gasteiger partial charge in [-0.05, 0) is 94.3 Å². The Kier molecular flexibility index (Phi) is 12.0. The fourth-order valence-electron chi connectivity index (χ4n) is 6.25. The molecule has 0 aliphatic carbocycles. The summed E-state index contributed by atoms with van der Waals surface area (Å²) < 4.78 is 57.4. The molecule has 7 aromatic rings. The first-order valence-corrected chi connectivity index (χ1v) is 20.4. The maximum Gasteiger partial charge on any atom is 0.343 e. The highest BCUT2D eigenvalue weighted by Crippen LogP contribution is 2.41. The number of ether oxygens (including phenoxy) is 3. The van der Waals surface area contributed by atoms with E-state index in [4.69, 9.17) is 22.8 Å². The van der Waals surface area contributed by atoms with Gasteiger partial charge in [0, 0.05) is 23.3 Å². The number of aryl methyl sites for hydroxylation is 1. The number of carbonyl (C=O) groups is 3. The number of carbonyl (C=O) groups excluding carboxylic acids is 3. The molecule has 308 valence electrons. The van der Waals surface area contributed by atoms with Gasteiger partial charge in [0.25, 0.3) is 0 Å². The lowest BCUT2D eigenvalue weighted by molar-refractivity contribution is 0.0695. The lowest BCUT2D eigenvalue weighted by atomic mass is 9.95. The zero-order chi connectivity index (χ0) is 43.3. The third kappa shape index (κ3) is 9.76. The van der Waals surface area contributed by atoms with Crippen molar-refractivity contribution in [1.29, 1.82) is 0 Å². The van der Waals surface area contributed by atoms with Crippen molar-refractivity contribution < 1.29 is 50.7 Å². The van der Waals surface area contributed by atoms with Crippen molar-refractivity contribution in [2.24, 2.45) is 0 Å². The number of hydrogen-bond acceptors (Lipinski definition) is 12. The fraction of sp³-hybridized carbons (Fsp3) is 0.125. The summed E-state index contributed by atoms with van der Waals surface area (Å²) in [6, 6.07) is 35.5. The minimum atomic E-state index is -4.69. The fourth-order valence-corrected chi connectivity index (χ4v) is 7.22. The Morgan fingerprint density at radius 1 is 0.656 bits per heavy atom. The number of esters is 3. The van der Waals surface area contributed by atoms with Gasteiger partial charge in [0.1, 0.15) is 39.4 Å². The predicted octanol–water partition coefficient (Wildman–Crippen LogP) is 8.90. The number of aliphatic hydroxyl groups is 1. The predicted molar refractivity (Wildman–Crippen MR) is 226 cm³/mol. The van der Waals surface area contributed by atoms with Gasteiger partial charge >= 0.3 is 28.0 Å². The molecule has 0 aliphatic heterocycles. The molecular weight excluding hydrogens is 801 g/mol. The minimum absolute atomic E-state index is 0.00308. The van der Waals surface area contributed by atoms with Crippen LogP contribution in [-0.2, 0) is 16.5 Å². The van der Waals surface area contributed by atoms with Crippen LogP contribution in [0.1, 0.15) is 62.5 Å². The lowest BCUT2D eigenvalue weighted by Crippen LogP contribution is -2.21. The summed E-state index contributed by atoms with van der Waals surface area (Å²) in [6.07, 6.45) is 0.941. The Balaban J connectivity index is 1.43. The summed E-state index contributed by atoms with van der Waals surface area (Å²) in [5, 5.41) is 10.5. The molecule has 0 fully saturated rings. The van der Waals surface area contributed by atoms with Gasteiger partial charge in [-0.1, -0.05) is 72.3 Å². The molecule has 0 amide bonds. The number of fused-ring (bicyclic) bond motifs is 1. The minimum Gasteiger partial charge on any atom is -0.463 e. The van der Waals surface area contributed by atoms with Crippen LogP contribution in [0, 0.1) is 6.92 Å². The molecule has 1 N–H and O–H groups in total. The average molecular weight is 839 g/mol. The highest BCUT2D eigenvalue weighted by atomic mass is 32.2. The molecule has 6 aromatic carbocycles. The van der Waals surface area contributed by atoms with Crippen LogP contribution < -0.4 is 23.8 Å². The first-order chi connectivity index (χ1) is 29.2. The van der Waals surface area contributed by atoms with E-state index in [0.717, 1.165) is 11.8 Å². The van der Waals surface area contributed by atoms with E-state index in [0.29, 0.717) is 0 Å². The molecule has 0 aliphatic rings. The molecule has 1 heterocycles. The van der Waals surface area contributed by atoms with E-state index in [1.165, 1.54) is 60.7 Å². The average Bonchev–Trinajstić information content (AvgIpc) is 3.24. The Labute approximate surface area is 350 Å². The van der Waals surface area contributed by atoms with Crippen molar-refractivity contribution in [2.45, 2.75) is 44.1 Å². The molecule has 0 spiro atoms. The first-order valence-electron chi connectivity index (χ1n) is 19.0. The van der Waals surface area contributed by atoms with Crippen molar-refractivity contribution in [3.8, 4) is 34.1 Å². The maximum absolute atomic E-state index is 15.0. The molecule has 0 bridgehead atoms. The number of hydrogen-bond donors (Lipinski definition) is 1. The van der Waals surface area contributed by atoms with Crippen LogP contribution in [0.4, 0.5) is 0 Å². The van der Waals surface area contributed by atoms with Gasteiger partial charge < -0.3 is 27.9 Å². The van der Waals surface area contributed by atoms with E-state index < -0.39 is 44.8 Å². The van der Waals surface area contributed by atoms with Crippen molar-refractivity contribution in [1.82, 2.24) is 0 Å². The molecular formula is C48H38O12S. The van der Waals surface area contributed by atoms with Crippen LogP contribution in [0.15, 0.2) is 160 Å². The Hall–Kier alpha value is -7.35. The van der Waals surface area contributed by atoms with E-state index in [9.17, 15) is 32.7 Å². The van der Waals surface area contributed by atoms with Crippen molar-refractivity contribution >= 4 is 39.0 Å². The molecule has 12 nitrogen and oxygen atoms in total. The monoisotopic (exact) mass is 838 g/mol. The second-order valence-electron chi connectivity index (χ2n) is 14.6. The summed E-state index contributed by atoms with van der Waals surface area (Å²) >= 11 is 0. The summed E-state index contributed by atoms with van der Waals surface area (Å²) in [7, 11) is -4.69. The maximum atomic E-state index is 15.0. The normalized spacial score (nSPS) is 11.5. The molecule has 7 rings (SSSR count). The van der Waals surface area contributed by atoms with Crippen molar-refractivity contribution in [3.05, 3.63) is 184 Å². The van der Waals surface area contributed by atoms with Gasteiger partial charge in [0.15, 0.2) is 5.75 Å². The third-order valence-corrected chi connectivity index (χ3v) is 10.7. The third-order valence-electron chi connectivity index (χ3n) is 9.46. The van der Waals surface area contributed by atoms with Gasteiger partial charge in [-0.25, -0.2) is 14.4 Å². The number of benzene rings is 6. The topological polar surface area (TPSA) is 173 Å². The van der Waals surface area contributed by atoms with E-state index in [1.807, 2.05) is 0 Å². The van der Waals surface area contributed by atoms with Crippen LogP contribution in [0.5, 0.6) is 23.0 Å². The Morgan fingerprint density at radius 2 is 1.18 bits per heavy atom. The van der Waals surface area contributed by atoms with Gasteiger partial charge in [-0.15, -0.1) is 0 Å². The van der Waals surface area contributed by atoms with E-state index in [2.05, 4.69) is 0 Å². The summed E-state index contributed by atoms with van der Waals surface area (Å²) in [5.74, 6) is -3.21. The summed E-state index contributed by atoms with van der Waals surface area (Å²) in [5.41, 5.74) is -1.19. The van der Waals surface area contributed by atoms with Crippen LogP contribution in [-0.4, -0.2) is 37.0 Å². The molecule has 0 unspecified atom stereocenters. The molecule has 1 aromatic heterocycles. The second kappa shape index (κ2) is 17.5. The molecule has 13 heteroatoms. The lowest BCUT2D eigenvalue weighted by Gasteiger charge is -2.21. The summed E-state index contributed by atoms with van der Waals surface area (Å²) in [4.78, 5) is 54.7. The number of rotatable bonds is 13. The second-order valence-corrected chi connectivity index (χ2v) is 16.2. The molecule has 0 atom stereocenters. The zero-order valence-corrected chi connectivity index (χ0v) is 33.9. The van der Waals surface area contributed by atoms with E-state index in [-0.39, 0.29) is 79.3 Å². The van der Waals surface area contributed by atoms with E-state index in [1.54, 1.807) is 99.6 Å². The largest absolute Gasteiger partial charge is 0.463 e. The van der Waals surface area contributed by atoms with Gasteiger partial charge in [0.2, 0.25) is 5.43 Å². The SMILES string of the molecule is Cc1ccc(S(=O)(=O)Oc2c(CCC(C)(C)O)c(OC(=O)c3ccccc3)cc3occ(-c4ccc(OC(=O)c5ccccc5)cc4OC(=O)c4ccccc4)c(=O)c23)cc1. The van der Waals surface area contributed by atoms with Crippen LogP contribution in [0.25, 0.3) is 22.1 Å². The van der Waals surface area contributed by atoms with Crippen LogP contribution in [0.2, 0.25) is 0 Å². The molecule has 0 saturated carbocycles. The van der Waals surface area contributed by atoms with E-state index >= 15 is 0 Å². The molecule has 61 heavy (non-hydrogen) atoms. The van der Waals surface area contributed by atoms with Crippen LogP contribution >= 0.6 is 0 Å². The Morgan fingerprint density at radius 3 is 1.72 bits per heavy atom. The highest BCUT2D eigenvalue weighted by Gasteiger charge is 2.30. The Bertz CT molecular complexity index is 2920. The zero-order valence-electron chi connectivity index (χ0n) is 33.1. The van der Waals surface area contributed by atoms with Gasteiger partial charge in [-0.2, -0.15) is 8.42 Å². The highest BCUT2D eigenvalue weighted by molar-refractivity contribution is 7.87. The van der Waals surface area contributed by atoms with Gasteiger partial charge in [0.05, 0.1) is 27.9 Å². The van der Waals surface area contributed by atoms with Crippen molar-refractivity contribution in [2.75, 3.05) is 0 Å². The molecule has 0 radical (unpaired) electrons. The quantitative estimate of drug-likeness (QED) is 0.0665. The van der Waals surface area contributed by atoms with Gasteiger partial charge in [-0.3, -0.25) is 4.79 Å². The first kappa shape index (κ1) is 41.8. The smallest absolute Gasteiger partial charge is 0.343 e. The standard InChI is InChI=1S/C48H38O12S/c1-30-19-22-35(23-20-30)61(54,55)60-44-37(25-26-48(2,3)53)40(59-47(52)33-17-11-6-12-18-33)28-41-42(44)43(49)38(29-56-41)36-24-21-34(57-45(50)31-13-7-4-8-14-31)27-39(36)58-46(51)32-15-9-5-10-16-32/h4-24,27-29,53H,25-26H2,1-3H3. The molecule has 0 saturated heterocycles. The van der Waals surface area contributed by atoms with Crippen LogP contribution in [0.3, 0.4) is 0 Å². The summed E-state index contributed by atoms with van der Waals surface area (Å²) in [6.45, 7) is 4.86. The van der Waals surface area contributed by atoms with Crippen molar-refractivity contribution in [3.63, 3.8) is 0 Å².